The van der Waals surface area contributed by atoms with E-state index in [9.17, 15) is 4.79 Å². The number of halogens is 1. The Kier molecular flexibility index (Phi) is 5.94. The number of amides is 1. The number of aromatic nitrogens is 2. The highest BCUT2D eigenvalue weighted by molar-refractivity contribution is 6.30. The molecule has 0 atom stereocenters. The molecule has 6 nitrogen and oxygen atoms in total. The van der Waals surface area contributed by atoms with Gasteiger partial charge in [-0.25, -0.2) is 0 Å². The van der Waals surface area contributed by atoms with Crippen LogP contribution in [0.3, 0.4) is 0 Å². The summed E-state index contributed by atoms with van der Waals surface area (Å²) >= 11 is 5.85. The number of nitrogens with zero attached hydrogens (tertiary/aromatic N) is 2. The zero-order valence-electron chi connectivity index (χ0n) is 12.0. The van der Waals surface area contributed by atoms with Gasteiger partial charge in [0, 0.05) is 30.3 Å². The van der Waals surface area contributed by atoms with Gasteiger partial charge in [0.2, 0.25) is 0 Å². The highest BCUT2D eigenvalue weighted by atomic mass is 35.5. The van der Waals surface area contributed by atoms with Crippen molar-refractivity contribution < 1.29 is 15.0 Å². The van der Waals surface area contributed by atoms with Crippen LogP contribution in [0.4, 0.5) is 0 Å². The molecule has 0 unspecified atom stereocenters. The monoisotopic (exact) mass is 323 g/mol. The van der Waals surface area contributed by atoms with Crippen LogP contribution in [-0.2, 0) is 0 Å². The van der Waals surface area contributed by atoms with Crippen LogP contribution in [0.15, 0.2) is 30.3 Å². The Bertz CT molecular complexity index is 613. The number of hydrogen-bond donors (Lipinski definition) is 3. The predicted octanol–water partition coefficient (Wildman–Crippen LogP) is 1.55. The number of benzene rings is 1. The van der Waals surface area contributed by atoms with E-state index in [0.29, 0.717) is 29.4 Å². The fourth-order valence-electron chi connectivity index (χ4n) is 2.07. The largest absolute Gasteiger partial charge is 0.396 e. The number of H-pyrrole nitrogens is 1. The van der Waals surface area contributed by atoms with E-state index in [1.54, 1.807) is 18.2 Å². The maximum absolute atomic E-state index is 12.4. The van der Waals surface area contributed by atoms with E-state index in [1.165, 1.54) is 4.90 Å². The standard InChI is InChI=1S/C15H18ClN3O3/c16-12-4-2-11(3-5-12)13-10-14(18-17-13)15(22)19(7-9-21)6-1-8-20/h2-5,10,20-21H,1,6-9H2,(H,17,18). The van der Waals surface area contributed by atoms with Crippen LogP contribution in [0.5, 0.6) is 0 Å². The minimum absolute atomic E-state index is 0.00574. The lowest BCUT2D eigenvalue weighted by atomic mass is 10.1. The molecule has 0 saturated heterocycles. The summed E-state index contributed by atoms with van der Waals surface area (Å²) in [6.07, 6.45) is 0.462. The molecule has 1 heterocycles. The highest BCUT2D eigenvalue weighted by Gasteiger charge is 2.17. The number of aromatic amines is 1. The van der Waals surface area contributed by atoms with Crippen LogP contribution in [0.2, 0.25) is 5.02 Å². The molecule has 118 valence electrons. The van der Waals surface area contributed by atoms with Crippen LogP contribution >= 0.6 is 11.6 Å². The Balaban J connectivity index is 2.14. The molecule has 3 N–H and O–H groups in total. The van der Waals surface area contributed by atoms with Gasteiger partial charge in [0.05, 0.1) is 12.3 Å². The van der Waals surface area contributed by atoms with Gasteiger partial charge in [-0.3, -0.25) is 9.89 Å². The smallest absolute Gasteiger partial charge is 0.271 e. The number of carbonyl (C=O) groups excluding carboxylic acids is 1. The first-order chi connectivity index (χ1) is 10.7. The summed E-state index contributed by atoms with van der Waals surface area (Å²) in [4.78, 5) is 13.9. The number of nitrogens with one attached hydrogen (secondary N) is 1. The third-order valence-electron chi connectivity index (χ3n) is 3.19. The van der Waals surface area contributed by atoms with E-state index in [1.807, 2.05) is 12.1 Å². The average Bonchev–Trinajstić information content (AvgIpc) is 3.01. The molecule has 22 heavy (non-hydrogen) atoms. The Morgan fingerprint density at radius 1 is 1.18 bits per heavy atom. The van der Waals surface area contributed by atoms with Gasteiger partial charge in [-0.2, -0.15) is 5.10 Å². The maximum Gasteiger partial charge on any atom is 0.271 e. The van der Waals surface area contributed by atoms with Crippen LogP contribution < -0.4 is 0 Å². The van der Waals surface area contributed by atoms with E-state index in [4.69, 9.17) is 21.8 Å². The number of hydrogen-bond acceptors (Lipinski definition) is 4. The van der Waals surface area contributed by atoms with Gasteiger partial charge in [-0.15, -0.1) is 0 Å². The lowest BCUT2D eigenvalue weighted by molar-refractivity contribution is 0.0704. The topological polar surface area (TPSA) is 89.5 Å². The molecule has 0 spiro atoms. The van der Waals surface area contributed by atoms with E-state index in [2.05, 4.69) is 10.2 Å². The lowest BCUT2D eigenvalue weighted by Gasteiger charge is -2.20. The van der Waals surface area contributed by atoms with E-state index in [-0.39, 0.29) is 25.7 Å². The lowest BCUT2D eigenvalue weighted by Crippen LogP contribution is -2.35. The van der Waals surface area contributed by atoms with E-state index >= 15 is 0 Å². The fraction of sp³-hybridized carbons (Fsp3) is 0.333. The van der Waals surface area contributed by atoms with Crippen LogP contribution in [0.1, 0.15) is 16.9 Å². The summed E-state index contributed by atoms with van der Waals surface area (Å²) < 4.78 is 0. The summed E-state index contributed by atoms with van der Waals surface area (Å²) in [6, 6.07) is 8.82. The quantitative estimate of drug-likeness (QED) is 0.721. The summed E-state index contributed by atoms with van der Waals surface area (Å²) in [5.74, 6) is -0.254. The molecular formula is C15H18ClN3O3. The molecule has 0 radical (unpaired) electrons. The van der Waals surface area contributed by atoms with Crippen molar-refractivity contribution in [2.75, 3.05) is 26.3 Å². The number of carbonyl (C=O) groups is 1. The highest BCUT2D eigenvalue weighted by Crippen LogP contribution is 2.20. The van der Waals surface area contributed by atoms with Crippen molar-refractivity contribution in [2.45, 2.75) is 6.42 Å². The maximum atomic E-state index is 12.4. The molecule has 0 bridgehead atoms. The minimum Gasteiger partial charge on any atom is -0.396 e. The van der Waals surface area contributed by atoms with Gasteiger partial charge in [-0.1, -0.05) is 23.7 Å². The Morgan fingerprint density at radius 3 is 2.55 bits per heavy atom. The first kappa shape index (κ1) is 16.5. The Hall–Kier alpha value is -1.89. The second-order valence-corrected chi connectivity index (χ2v) is 5.20. The Labute approximate surface area is 133 Å². The number of rotatable bonds is 7. The zero-order valence-corrected chi connectivity index (χ0v) is 12.8. The molecule has 0 saturated carbocycles. The van der Waals surface area contributed by atoms with Crippen molar-refractivity contribution >= 4 is 17.5 Å². The van der Waals surface area contributed by atoms with Gasteiger partial charge in [0.1, 0.15) is 5.69 Å². The molecule has 0 fully saturated rings. The van der Waals surface area contributed by atoms with Gasteiger partial charge < -0.3 is 15.1 Å². The molecular weight excluding hydrogens is 306 g/mol. The van der Waals surface area contributed by atoms with Gasteiger partial charge in [0.25, 0.3) is 5.91 Å². The molecule has 7 heteroatoms. The molecule has 0 aliphatic rings. The van der Waals surface area contributed by atoms with Crippen molar-refractivity contribution in [3.8, 4) is 11.3 Å². The first-order valence-corrected chi connectivity index (χ1v) is 7.36. The van der Waals surface area contributed by atoms with Gasteiger partial charge >= 0.3 is 0 Å². The number of aliphatic hydroxyl groups excluding tert-OH is 2. The van der Waals surface area contributed by atoms with E-state index < -0.39 is 0 Å². The third kappa shape index (κ3) is 4.07. The summed E-state index contributed by atoms with van der Waals surface area (Å²) in [5.41, 5.74) is 1.84. The van der Waals surface area contributed by atoms with Crippen LogP contribution in [-0.4, -0.2) is 57.5 Å². The minimum atomic E-state index is -0.254. The molecule has 0 aliphatic carbocycles. The molecule has 2 aromatic rings. The third-order valence-corrected chi connectivity index (χ3v) is 3.44. The van der Waals surface area contributed by atoms with Crippen molar-refractivity contribution in [3.05, 3.63) is 41.0 Å². The molecule has 1 aromatic carbocycles. The van der Waals surface area contributed by atoms with Crippen molar-refractivity contribution in [1.29, 1.82) is 0 Å². The molecule has 1 aromatic heterocycles. The summed E-state index contributed by atoms with van der Waals surface area (Å²) in [6.45, 7) is 0.461. The zero-order chi connectivity index (χ0) is 15.9. The fourth-order valence-corrected chi connectivity index (χ4v) is 2.19. The average molecular weight is 324 g/mol. The van der Waals surface area contributed by atoms with Crippen molar-refractivity contribution in [3.63, 3.8) is 0 Å². The summed E-state index contributed by atoms with van der Waals surface area (Å²) in [5, 5.41) is 25.4. The SMILES string of the molecule is O=C(c1cc(-c2ccc(Cl)cc2)n[nH]1)N(CCO)CCCO. The van der Waals surface area contributed by atoms with Crippen LogP contribution in [0.25, 0.3) is 11.3 Å². The molecule has 2 rings (SSSR count). The van der Waals surface area contributed by atoms with Crippen molar-refractivity contribution in [2.24, 2.45) is 0 Å². The van der Waals surface area contributed by atoms with Crippen LogP contribution in [0, 0.1) is 0 Å². The Morgan fingerprint density at radius 2 is 1.91 bits per heavy atom. The summed E-state index contributed by atoms with van der Waals surface area (Å²) in [7, 11) is 0. The number of aliphatic hydroxyl groups is 2. The van der Waals surface area contributed by atoms with Gasteiger partial charge in [-0.05, 0) is 24.6 Å². The first-order valence-electron chi connectivity index (χ1n) is 6.98. The second kappa shape index (κ2) is 7.93. The second-order valence-electron chi connectivity index (χ2n) is 4.77. The van der Waals surface area contributed by atoms with Crippen molar-refractivity contribution in [1.82, 2.24) is 15.1 Å². The molecule has 0 aliphatic heterocycles. The predicted molar refractivity (Wildman–Crippen MR) is 83.7 cm³/mol. The normalized spacial score (nSPS) is 10.7. The van der Waals surface area contributed by atoms with Gasteiger partial charge in [0.15, 0.2) is 0 Å². The van der Waals surface area contributed by atoms with E-state index in [0.717, 1.165) is 5.56 Å². The molecule has 1 amide bonds.